The van der Waals surface area contributed by atoms with E-state index in [1.165, 1.54) is 6.07 Å². The SMILES string of the molecule is N#CCc1cc(C(C#N)=C2N=c3nc(C#N)c(C#N)nc3=N2)nc(CC#N)n1. The second-order valence-electron chi connectivity index (χ2n) is 5.16. The molecule has 0 N–H and O–H groups in total. The van der Waals surface area contributed by atoms with Crippen molar-refractivity contribution in [1.29, 1.82) is 26.3 Å². The topological polar surface area (TPSA) is 195 Å². The number of hydrogen-bond acceptors (Lipinski definition) is 11. The summed E-state index contributed by atoms with van der Waals surface area (Å²) >= 11 is 0. The van der Waals surface area contributed by atoms with Crippen molar-refractivity contribution in [2.45, 2.75) is 12.8 Å². The largest absolute Gasteiger partial charge is 0.236 e. The van der Waals surface area contributed by atoms with E-state index in [0.29, 0.717) is 5.69 Å². The molecule has 0 atom stereocenters. The minimum atomic E-state index is -0.199. The molecule has 3 heterocycles. The van der Waals surface area contributed by atoms with Gasteiger partial charge in [-0.25, -0.2) is 29.9 Å². The molecule has 0 aliphatic carbocycles. The molecule has 2 aromatic rings. The monoisotopic (exact) mass is 363 g/mol. The Kier molecular flexibility index (Phi) is 4.73. The number of nitrogens with zero attached hydrogens (tertiary/aromatic N) is 11. The van der Waals surface area contributed by atoms with E-state index in [1.807, 2.05) is 18.2 Å². The fourth-order valence-corrected chi connectivity index (χ4v) is 2.28. The summed E-state index contributed by atoms with van der Waals surface area (Å²) in [4.78, 5) is 24.3. The van der Waals surface area contributed by atoms with E-state index in [1.54, 1.807) is 12.1 Å². The summed E-state index contributed by atoms with van der Waals surface area (Å²) in [5.74, 6) is 0.102. The van der Waals surface area contributed by atoms with Gasteiger partial charge in [0.15, 0.2) is 17.2 Å². The minimum absolute atomic E-state index is 0.00172. The number of fused-ring (bicyclic) bond motifs is 1. The van der Waals surface area contributed by atoms with Crippen molar-refractivity contribution in [2.24, 2.45) is 9.98 Å². The van der Waals surface area contributed by atoms with Crippen LogP contribution in [-0.2, 0) is 12.8 Å². The average molecular weight is 363 g/mol. The highest BCUT2D eigenvalue weighted by molar-refractivity contribution is 5.77. The molecule has 0 fully saturated rings. The maximum Gasteiger partial charge on any atom is 0.201 e. The molecule has 28 heavy (non-hydrogen) atoms. The van der Waals surface area contributed by atoms with Gasteiger partial charge in [0.1, 0.15) is 29.6 Å². The van der Waals surface area contributed by atoms with Gasteiger partial charge in [0.2, 0.25) is 11.0 Å². The van der Waals surface area contributed by atoms with E-state index in [2.05, 4.69) is 29.9 Å². The molecule has 0 radical (unpaired) electrons. The van der Waals surface area contributed by atoms with Crippen molar-refractivity contribution in [2.75, 3.05) is 0 Å². The fraction of sp³-hybridized carbons (Fsp3) is 0.118. The average Bonchev–Trinajstić information content (AvgIpc) is 3.10. The van der Waals surface area contributed by atoms with Crippen LogP contribution in [0.3, 0.4) is 0 Å². The predicted octanol–water partition coefficient (Wildman–Crippen LogP) is -0.713. The third-order valence-electron chi connectivity index (χ3n) is 3.41. The Morgan fingerprint density at radius 3 is 1.89 bits per heavy atom. The van der Waals surface area contributed by atoms with Gasteiger partial charge in [0.25, 0.3) is 0 Å². The number of hydrogen-bond donors (Lipinski definition) is 0. The van der Waals surface area contributed by atoms with Crippen LogP contribution in [-0.4, -0.2) is 19.9 Å². The highest BCUT2D eigenvalue weighted by Gasteiger charge is 2.18. The van der Waals surface area contributed by atoms with Gasteiger partial charge in [-0.05, 0) is 6.07 Å². The van der Waals surface area contributed by atoms with Crippen molar-refractivity contribution >= 4 is 5.57 Å². The first-order valence-corrected chi connectivity index (χ1v) is 7.54. The molecule has 128 valence electrons. The van der Waals surface area contributed by atoms with Gasteiger partial charge in [-0.15, -0.1) is 0 Å². The lowest BCUT2D eigenvalue weighted by atomic mass is 10.1. The zero-order valence-electron chi connectivity index (χ0n) is 13.9. The standard InChI is InChI=1S/C17H5N11/c18-3-1-9-5-11(24-14(23-9)2-4-19)10(6-20)15-27-16-17(28-15)26-13(8-22)12(7-21)25-16/h5H,1-2H2. The summed E-state index contributed by atoms with van der Waals surface area (Å²) in [6, 6.07) is 10.7. The van der Waals surface area contributed by atoms with Crippen LogP contribution < -0.4 is 11.0 Å². The van der Waals surface area contributed by atoms with Crippen LogP contribution in [0.5, 0.6) is 0 Å². The van der Waals surface area contributed by atoms with Gasteiger partial charge < -0.3 is 0 Å². The van der Waals surface area contributed by atoms with E-state index in [9.17, 15) is 5.26 Å². The van der Waals surface area contributed by atoms with E-state index >= 15 is 0 Å². The van der Waals surface area contributed by atoms with Crippen LogP contribution in [0.15, 0.2) is 21.9 Å². The molecule has 3 rings (SSSR count). The lowest BCUT2D eigenvalue weighted by Gasteiger charge is -2.04. The van der Waals surface area contributed by atoms with Crippen molar-refractivity contribution in [1.82, 2.24) is 19.9 Å². The zero-order chi connectivity index (χ0) is 20.1. The lowest BCUT2D eigenvalue weighted by molar-refractivity contribution is 0.934. The molecule has 0 aromatic carbocycles. The third-order valence-corrected chi connectivity index (χ3v) is 3.41. The molecule has 11 heteroatoms. The Balaban J connectivity index is 2.23. The first-order valence-electron chi connectivity index (χ1n) is 7.54. The molecular weight excluding hydrogens is 358 g/mol. The second-order valence-corrected chi connectivity index (χ2v) is 5.16. The molecule has 0 amide bonds. The van der Waals surface area contributed by atoms with Crippen molar-refractivity contribution in [3.63, 3.8) is 0 Å². The van der Waals surface area contributed by atoms with E-state index < -0.39 is 0 Å². The van der Waals surface area contributed by atoms with E-state index in [-0.39, 0.29) is 58.1 Å². The summed E-state index contributed by atoms with van der Waals surface area (Å²) in [7, 11) is 0. The molecule has 0 saturated heterocycles. The van der Waals surface area contributed by atoms with Gasteiger partial charge in [0.05, 0.1) is 36.4 Å². The molecule has 1 aliphatic heterocycles. The normalized spacial score (nSPS) is 10.8. The second kappa shape index (κ2) is 7.45. The van der Waals surface area contributed by atoms with Gasteiger partial charge >= 0.3 is 0 Å². The quantitative estimate of drug-likeness (QED) is 0.632. The summed E-state index contributed by atoms with van der Waals surface area (Å²) in [6.45, 7) is 0. The van der Waals surface area contributed by atoms with Gasteiger partial charge in [-0.2, -0.15) is 26.3 Å². The summed E-state index contributed by atoms with van der Waals surface area (Å²) in [5, 5.41) is 45.4. The molecule has 1 aliphatic rings. The van der Waals surface area contributed by atoms with Crippen LogP contribution in [0.4, 0.5) is 0 Å². The first kappa shape index (κ1) is 17.8. The molecule has 0 unspecified atom stereocenters. The Bertz CT molecular complexity index is 1280. The van der Waals surface area contributed by atoms with Crippen LogP contribution in [0.1, 0.15) is 28.6 Å². The van der Waals surface area contributed by atoms with Crippen LogP contribution in [0, 0.1) is 56.7 Å². The molecule has 0 saturated carbocycles. The zero-order valence-corrected chi connectivity index (χ0v) is 13.9. The number of nitriles is 5. The summed E-state index contributed by atoms with van der Waals surface area (Å²) in [6.07, 6.45) is -0.133. The van der Waals surface area contributed by atoms with Crippen LogP contribution in [0.25, 0.3) is 5.57 Å². The Hall–Kier alpha value is -5.05. The highest BCUT2D eigenvalue weighted by Crippen LogP contribution is 2.20. The molecule has 0 spiro atoms. The fourth-order valence-electron chi connectivity index (χ4n) is 2.28. The van der Waals surface area contributed by atoms with E-state index in [0.717, 1.165) is 0 Å². The van der Waals surface area contributed by atoms with Gasteiger partial charge in [0, 0.05) is 0 Å². The van der Waals surface area contributed by atoms with Gasteiger partial charge in [-0.1, -0.05) is 0 Å². The Morgan fingerprint density at radius 1 is 0.786 bits per heavy atom. The van der Waals surface area contributed by atoms with E-state index in [4.69, 9.17) is 21.0 Å². The number of rotatable bonds is 3. The number of aromatic nitrogens is 4. The molecule has 2 aromatic heterocycles. The summed E-state index contributed by atoms with van der Waals surface area (Å²) in [5.41, 5.74) is 0.0474. The molecule has 11 nitrogen and oxygen atoms in total. The predicted molar refractivity (Wildman–Crippen MR) is 87.0 cm³/mol. The van der Waals surface area contributed by atoms with Crippen molar-refractivity contribution < 1.29 is 0 Å². The molecule has 0 bridgehead atoms. The molecular formula is C17H5N11. The van der Waals surface area contributed by atoms with Crippen molar-refractivity contribution in [3.05, 3.63) is 51.5 Å². The third kappa shape index (κ3) is 3.21. The summed E-state index contributed by atoms with van der Waals surface area (Å²) < 4.78 is 0. The number of allylic oxidation sites excluding steroid dienone is 1. The minimum Gasteiger partial charge on any atom is -0.236 e. The van der Waals surface area contributed by atoms with Gasteiger partial charge in [-0.3, -0.25) is 0 Å². The first-order chi connectivity index (χ1) is 13.6. The van der Waals surface area contributed by atoms with Crippen LogP contribution >= 0.6 is 0 Å². The van der Waals surface area contributed by atoms with Crippen molar-refractivity contribution in [3.8, 4) is 30.3 Å². The van der Waals surface area contributed by atoms with Crippen LogP contribution in [0.2, 0.25) is 0 Å². The Labute approximate surface area is 157 Å². The smallest absolute Gasteiger partial charge is 0.201 e. The lowest BCUT2D eigenvalue weighted by Crippen LogP contribution is -2.31. The highest BCUT2D eigenvalue weighted by atomic mass is 15.1. The maximum atomic E-state index is 9.60. The Morgan fingerprint density at radius 2 is 1.39 bits per heavy atom. The maximum absolute atomic E-state index is 9.60.